The Morgan fingerprint density at radius 2 is 1.97 bits per heavy atom. The lowest BCUT2D eigenvalue weighted by Gasteiger charge is -2.18. The fraction of sp³-hybridized carbons (Fsp3) is 0.409. The van der Waals surface area contributed by atoms with Crippen LogP contribution in [0.15, 0.2) is 36.4 Å². The van der Waals surface area contributed by atoms with Gasteiger partial charge in [-0.3, -0.25) is 4.79 Å². The highest BCUT2D eigenvalue weighted by atomic mass is 32.2. The molecule has 2 aromatic rings. The van der Waals surface area contributed by atoms with Crippen molar-refractivity contribution in [2.75, 3.05) is 11.2 Å². The molecule has 32 heavy (non-hydrogen) atoms. The van der Waals surface area contributed by atoms with Crippen LogP contribution < -0.4 is 10.6 Å². The molecule has 0 spiro atoms. The number of carbonyl (C=O) groups excluding carboxylic acids is 1. The number of alkyl halides is 3. The van der Waals surface area contributed by atoms with E-state index in [9.17, 15) is 26.6 Å². The second-order valence-electron chi connectivity index (χ2n) is 8.31. The van der Waals surface area contributed by atoms with E-state index in [4.69, 9.17) is 4.55 Å². The number of carbonyl (C=O) groups is 1. The maximum atomic E-state index is 14.0. The van der Waals surface area contributed by atoms with Gasteiger partial charge in [0, 0.05) is 17.0 Å². The van der Waals surface area contributed by atoms with Crippen LogP contribution in [0.4, 0.5) is 23.2 Å². The van der Waals surface area contributed by atoms with E-state index in [-0.39, 0.29) is 17.8 Å². The number of nitrogens with one attached hydrogen (secondary N) is 2. The van der Waals surface area contributed by atoms with Crippen LogP contribution in [0, 0.1) is 18.7 Å². The maximum absolute atomic E-state index is 14.0. The van der Waals surface area contributed by atoms with Gasteiger partial charge in [-0.1, -0.05) is 25.1 Å². The first-order chi connectivity index (χ1) is 14.8. The van der Waals surface area contributed by atoms with Gasteiger partial charge in [0.2, 0.25) is 5.91 Å². The van der Waals surface area contributed by atoms with Gasteiger partial charge in [0.25, 0.3) is 0 Å². The molecule has 3 unspecified atom stereocenters. The van der Waals surface area contributed by atoms with Crippen molar-refractivity contribution >= 4 is 22.7 Å². The fourth-order valence-corrected chi connectivity index (χ4v) is 4.14. The molecule has 0 bridgehead atoms. The lowest BCUT2D eigenvalue weighted by molar-refractivity contribution is -0.140. The van der Waals surface area contributed by atoms with Gasteiger partial charge in [-0.05, 0) is 55.2 Å². The summed E-state index contributed by atoms with van der Waals surface area (Å²) < 4.78 is 72.1. The zero-order valence-corrected chi connectivity index (χ0v) is 18.5. The van der Waals surface area contributed by atoms with Gasteiger partial charge in [-0.15, -0.1) is 0 Å². The Hall–Kier alpha value is -2.46. The molecule has 10 heteroatoms. The number of hydrogen-bond donors (Lipinski definition) is 3. The van der Waals surface area contributed by atoms with Gasteiger partial charge < -0.3 is 15.2 Å². The van der Waals surface area contributed by atoms with Crippen LogP contribution in [-0.2, 0) is 27.5 Å². The lowest BCUT2D eigenvalue weighted by Crippen LogP contribution is -2.30. The van der Waals surface area contributed by atoms with Crippen molar-refractivity contribution in [3.63, 3.8) is 0 Å². The predicted molar refractivity (Wildman–Crippen MR) is 114 cm³/mol. The molecule has 3 N–H and O–H groups in total. The molecule has 0 aromatic heterocycles. The van der Waals surface area contributed by atoms with E-state index in [0.717, 1.165) is 23.3 Å². The van der Waals surface area contributed by atoms with Crippen LogP contribution in [0.1, 0.15) is 48.6 Å². The number of halogens is 4. The topological polar surface area (TPSA) is 78.4 Å². The predicted octanol–water partition coefficient (Wildman–Crippen LogP) is 4.90. The third-order valence-corrected chi connectivity index (χ3v) is 6.37. The summed E-state index contributed by atoms with van der Waals surface area (Å²) in [6.45, 7) is 5.37. The molecule has 5 nitrogen and oxygen atoms in total. The van der Waals surface area contributed by atoms with E-state index < -0.39 is 40.0 Å². The molecular weight excluding hydrogens is 448 g/mol. The van der Waals surface area contributed by atoms with Crippen molar-refractivity contribution in [2.45, 2.75) is 44.8 Å². The number of anilines is 1. The normalized spacial score (nSPS) is 22.2. The van der Waals surface area contributed by atoms with E-state index in [2.05, 4.69) is 10.6 Å². The summed E-state index contributed by atoms with van der Waals surface area (Å²) in [5.74, 6) is -2.17. The van der Waals surface area contributed by atoms with Gasteiger partial charge >= 0.3 is 6.18 Å². The highest BCUT2D eigenvalue weighted by molar-refractivity contribution is 7.79. The molecule has 0 heterocycles. The standard InChI is InChI=1S/C22H24F4N2O3S/c1-12-8-14(4-7-19(12)27-11-32(30)31)13(2)28-20(29)17-10-21(17,3)15-5-6-16(18(23)9-15)22(24,25)26/h4-9,13,17,27H,10-11H2,1-3H3,(H,28,29)(H,30,31)/t13-,17?,21?/m1/s1. The summed E-state index contributed by atoms with van der Waals surface area (Å²) in [6.07, 6.45) is -4.35. The minimum Gasteiger partial charge on any atom is -0.371 e. The van der Waals surface area contributed by atoms with E-state index >= 15 is 0 Å². The Bertz CT molecular complexity index is 1060. The van der Waals surface area contributed by atoms with Crippen molar-refractivity contribution < 1.29 is 31.1 Å². The molecular formula is C22H24F4N2O3S. The summed E-state index contributed by atoms with van der Waals surface area (Å²) in [6, 6.07) is 7.88. The molecule has 4 atom stereocenters. The van der Waals surface area contributed by atoms with Gasteiger partial charge in [-0.2, -0.15) is 13.2 Å². The quantitative estimate of drug-likeness (QED) is 0.396. The minimum absolute atomic E-state index is 0.0999. The summed E-state index contributed by atoms with van der Waals surface area (Å²) in [5.41, 5.74) is 0.689. The molecule has 1 saturated carbocycles. The van der Waals surface area contributed by atoms with Gasteiger partial charge in [-0.25, -0.2) is 8.60 Å². The number of rotatable bonds is 7. The lowest BCUT2D eigenvalue weighted by atomic mass is 9.93. The van der Waals surface area contributed by atoms with Crippen molar-refractivity contribution in [2.24, 2.45) is 5.92 Å². The van der Waals surface area contributed by atoms with Crippen LogP contribution in [0.25, 0.3) is 0 Å². The minimum atomic E-state index is -4.77. The molecule has 1 fully saturated rings. The fourth-order valence-electron chi connectivity index (χ4n) is 3.86. The molecule has 174 valence electrons. The van der Waals surface area contributed by atoms with E-state index in [1.54, 1.807) is 26.0 Å². The summed E-state index contributed by atoms with van der Waals surface area (Å²) in [7, 11) is 0. The van der Waals surface area contributed by atoms with E-state index in [1.165, 1.54) is 6.07 Å². The van der Waals surface area contributed by atoms with Gasteiger partial charge in [0.05, 0.1) is 11.6 Å². The SMILES string of the molecule is Cc1cc([C@@H](C)NC(=O)C2CC2(C)c2ccc(C(F)(F)F)c(F)c2)ccc1NCS(=O)O. The highest BCUT2D eigenvalue weighted by Gasteiger charge is 2.56. The van der Waals surface area contributed by atoms with Gasteiger partial charge in [0.1, 0.15) is 11.7 Å². The number of amides is 1. The van der Waals surface area contributed by atoms with Crippen LogP contribution in [0.5, 0.6) is 0 Å². The molecule has 3 rings (SSSR count). The molecule has 2 aromatic carbocycles. The summed E-state index contributed by atoms with van der Waals surface area (Å²) >= 11 is -1.97. The van der Waals surface area contributed by atoms with Crippen LogP contribution >= 0.6 is 0 Å². The average Bonchev–Trinajstić information content (AvgIpc) is 3.39. The molecule has 0 aliphatic heterocycles. The molecule has 1 aliphatic carbocycles. The number of hydrogen-bond acceptors (Lipinski definition) is 3. The third-order valence-electron chi connectivity index (χ3n) is 5.98. The Labute approximate surface area is 185 Å². The second kappa shape index (κ2) is 8.82. The maximum Gasteiger partial charge on any atom is 0.419 e. The zero-order valence-electron chi connectivity index (χ0n) is 17.7. The van der Waals surface area contributed by atoms with Crippen LogP contribution in [0.3, 0.4) is 0 Å². The average molecular weight is 473 g/mol. The van der Waals surface area contributed by atoms with E-state index in [1.807, 2.05) is 13.0 Å². The Kier molecular flexibility index (Phi) is 6.67. The van der Waals surface area contributed by atoms with E-state index in [0.29, 0.717) is 17.7 Å². The smallest absolute Gasteiger partial charge is 0.371 e. The number of aryl methyl sites for hydroxylation is 1. The summed E-state index contributed by atoms with van der Waals surface area (Å²) in [4.78, 5) is 12.8. The van der Waals surface area contributed by atoms with Crippen LogP contribution in [0.2, 0.25) is 0 Å². The molecule has 0 radical (unpaired) electrons. The Balaban J connectivity index is 1.66. The zero-order chi connectivity index (χ0) is 23.8. The van der Waals surface area contributed by atoms with Crippen molar-refractivity contribution in [3.05, 3.63) is 64.5 Å². The Morgan fingerprint density at radius 1 is 1.28 bits per heavy atom. The first kappa shape index (κ1) is 24.2. The van der Waals surface area contributed by atoms with Gasteiger partial charge in [0.15, 0.2) is 11.1 Å². The van der Waals surface area contributed by atoms with Crippen molar-refractivity contribution in [1.29, 1.82) is 0 Å². The highest BCUT2D eigenvalue weighted by Crippen LogP contribution is 2.54. The van der Waals surface area contributed by atoms with Crippen molar-refractivity contribution in [1.82, 2.24) is 5.32 Å². The largest absolute Gasteiger partial charge is 0.419 e. The van der Waals surface area contributed by atoms with Crippen molar-refractivity contribution in [3.8, 4) is 0 Å². The first-order valence-corrected chi connectivity index (χ1v) is 11.2. The first-order valence-electron chi connectivity index (χ1n) is 9.92. The second-order valence-corrected chi connectivity index (χ2v) is 9.25. The molecule has 1 amide bonds. The van der Waals surface area contributed by atoms with Crippen LogP contribution in [-0.4, -0.2) is 20.5 Å². The third kappa shape index (κ3) is 5.12. The monoisotopic (exact) mass is 472 g/mol. The summed E-state index contributed by atoms with van der Waals surface area (Å²) in [5, 5.41) is 5.76. The molecule has 1 aliphatic rings. The Morgan fingerprint density at radius 3 is 2.53 bits per heavy atom. The number of benzene rings is 2. The molecule has 0 saturated heterocycles.